The molecule has 0 aromatic carbocycles. The first-order valence-electron chi connectivity index (χ1n) is 5.48. The van der Waals surface area contributed by atoms with Crippen molar-refractivity contribution in [1.29, 1.82) is 0 Å². The van der Waals surface area contributed by atoms with E-state index in [0.717, 1.165) is 34.6 Å². The number of nitrogens with one attached hydrogen (secondary N) is 2. The highest BCUT2D eigenvalue weighted by Crippen LogP contribution is 2.22. The minimum Gasteiger partial charge on any atom is -0.353 e. The summed E-state index contributed by atoms with van der Waals surface area (Å²) in [6.45, 7) is 2.02. The quantitative estimate of drug-likeness (QED) is 0.896. The molecule has 0 spiro atoms. The molecule has 88 valence electrons. The molecule has 3 nitrogen and oxygen atoms in total. The van der Waals surface area contributed by atoms with E-state index in [4.69, 9.17) is 0 Å². The Bertz CT molecular complexity index is 361. The molecule has 0 bridgehead atoms. The Labute approximate surface area is 108 Å². The van der Waals surface area contributed by atoms with Crippen LogP contribution in [0.3, 0.4) is 0 Å². The van der Waals surface area contributed by atoms with Crippen LogP contribution in [-0.2, 0) is 11.2 Å². The first-order valence-corrected chi connectivity index (χ1v) is 7.09. The fourth-order valence-electron chi connectivity index (χ4n) is 1.85. The smallest absolute Gasteiger partial charge is 0.225 e. The highest BCUT2D eigenvalue weighted by molar-refractivity contribution is 9.11. The van der Waals surface area contributed by atoms with E-state index in [1.165, 1.54) is 0 Å². The van der Waals surface area contributed by atoms with Crippen LogP contribution in [0.2, 0.25) is 0 Å². The van der Waals surface area contributed by atoms with E-state index in [-0.39, 0.29) is 5.91 Å². The average Bonchev–Trinajstić information content (AvgIpc) is 2.65. The van der Waals surface area contributed by atoms with E-state index in [2.05, 4.69) is 26.6 Å². The van der Waals surface area contributed by atoms with Crippen LogP contribution in [0.1, 0.15) is 17.7 Å². The predicted molar refractivity (Wildman–Crippen MR) is 69.8 cm³/mol. The molecule has 0 aliphatic carbocycles. The third-order valence-corrected chi connectivity index (χ3v) is 4.29. The molecule has 1 saturated heterocycles. The number of amides is 1. The van der Waals surface area contributed by atoms with Crippen molar-refractivity contribution in [3.63, 3.8) is 0 Å². The SMILES string of the molecule is O=C(Cc1ccc(Br)s1)NC1CCNCC1. The predicted octanol–water partition coefficient (Wildman–Crippen LogP) is 1.92. The second kappa shape index (κ2) is 5.80. The van der Waals surface area contributed by atoms with Crippen molar-refractivity contribution >= 4 is 33.2 Å². The highest BCUT2D eigenvalue weighted by atomic mass is 79.9. The molecule has 1 aliphatic rings. The summed E-state index contributed by atoms with van der Waals surface area (Å²) in [5.74, 6) is 0.140. The number of hydrogen-bond acceptors (Lipinski definition) is 3. The maximum absolute atomic E-state index is 11.7. The Morgan fingerprint density at radius 3 is 2.88 bits per heavy atom. The summed E-state index contributed by atoms with van der Waals surface area (Å²) in [7, 11) is 0. The fraction of sp³-hybridized carbons (Fsp3) is 0.545. The summed E-state index contributed by atoms with van der Waals surface area (Å²) in [5.41, 5.74) is 0. The van der Waals surface area contributed by atoms with Gasteiger partial charge in [-0.15, -0.1) is 11.3 Å². The van der Waals surface area contributed by atoms with Crippen LogP contribution in [-0.4, -0.2) is 25.0 Å². The largest absolute Gasteiger partial charge is 0.353 e. The molecular formula is C11H15BrN2OS. The maximum atomic E-state index is 11.7. The van der Waals surface area contributed by atoms with Crippen molar-refractivity contribution in [1.82, 2.24) is 10.6 Å². The Morgan fingerprint density at radius 2 is 2.25 bits per heavy atom. The van der Waals surface area contributed by atoms with Gasteiger partial charge < -0.3 is 10.6 Å². The van der Waals surface area contributed by atoms with E-state index < -0.39 is 0 Å². The number of halogens is 1. The zero-order valence-corrected chi connectivity index (χ0v) is 11.4. The Hall–Kier alpha value is -0.390. The zero-order chi connectivity index (χ0) is 11.4. The number of carbonyl (C=O) groups is 1. The van der Waals surface area contributed by atoms with Crippen LogP contribution >= 0.6 is 27.3 Å². The van der Waals surface area contributed by atoms with Gasteiger partial charge in [-0.2, -0.15) is 0 Å². The summed E-state index contributed by atoms with van der Waals surface area (Å²) in [6, 6.07) is 4.34. The molecule has 0 radical (unpaired) electrons. The molecule has 1 aromatic rings. The fourth-order valence-corrected chi connectivity index (χ4v) is 3.33. The van der Waals surface area contributed by atoms with Gasteiger partial charge in [0.25, 0.3) is 0 Å². The number of carbonyl (C=O) groups excluding carboxylic acids is 1. The van der Waals surface area contributed by atoms with Crippen LogP contribution in [0, 0.1) is 0 Å². The van der Waals surface area contributed by atoms with Crippen molar-refractivity contribution in [2.75, 3.05) is 13.1 Å². The van der Waals surface area contributed by atoms with Gasteiger partial charge in [-0.25, -0.2) is 0 Å². The normalized spacial score (nSPS) is 17.3. The van der Waals surface area contributed by atoms with Gasteiger partial charge in [0.2, 0.25) is 5.91 Å². The third-order valence-electron chi connectivity index (χ3n) is 2.67. The standard InChI is InChI=1S/C11H15BrN2OS/c12-10-2-1-9(16-10)7-11(15)14-8-3-5-13-6-4-8/h1-2,8,13H,3-7H2,(H,14,15). The molecule has 1 aliphatic heterocycles. The Balaban J connectivity index is 1.79. The lowest BCUT2D eigenvalue weighted by Gasteiger charge is -2.23. The maximum Gasteiger partial charge on any atom is 0.225 e. The topological polar surface area (TPSA) is 41.1 Å². The van der Waals surface area contributed by atoms with Gasteiger partial charge in [0.1, 0.15) is 0 Å². The second-order valence-corrected chi connectivity index (χ2v) is 6.52. The number of rotatable bonds is 3. The van der Waals surface area contributed by atoms with E-state index in [9.17, 15) is 4.79 Å². The van der Waals surface area contributed by atoms with Crippen LogP contribution in [0.4, 0.5) is 0 Å². The third kappa shape index (κ3) is 3.57. The van der Waals surface area contributed by atoms with Gasteiger partial charge in [0, 0.05) is 10.9 Å². The van der Waals surface area contributed by atoms with Gasteiger partial charge in [-0.1, -0.05) is 0 Å². The Morgan fingerprint density at radius 1 is 1.50 bits per heavy atom. The minimum atomic E-state index is 0.140. The van der Waals surface area contributed by atoms with Crippen molar-refractivity contribution in [2.24, 2.45) is 0 Å². The molecular weight excluding hydrogens is 288 g/mol. The summed E-state index contributed by atoms with van der Waals surface area (Å²) in [5, 5.41) is 6.37. The molecule has 0 saturated carbocycles. The molecule has 1 fully saturated rings. The van der Waals surface area contributed by atoms with E-state index in [1.807, 2.05) is 12.1 Å². The Kier molecular flexibility index (Phi) is 4.37. The molecule has 16 heavy (non-hydrogen) atoms. The summed E-state index contributed by atoms with van der Waals surface area (Å²) in [6.07, 6.45) is 2.58. The molecule has 0 unspecified atom stereocenters. The zero-order valence-electron chi connectivity index (χ0n) is 8.96. The molecule has 5 heteroatoms. The highest BCUT2D eigenvalue weighted by Gasteiger charge is 2.15. The lowest BCUT2D eigenvalue weighted by atomic mass is 10.1. The van der Waals surface area contributed by atoms with Gasteiger partial charge in [-0.3, -0.25) is 4.79 Å². The van der Waals surface area contributed by atoms with Crippen molar-refractivity contribution in [2.45, 2.75) is 25.3 Å². The monoisotopic (exact) mass is 302 g/mol. The van der Waals surface area contributed by atoms with Crippen molar-refractivity contribution in [3.05, 3.63) is 20.8 Å². The molecule has 0 atom stereocenters. The van der Waals surface area contributed by atoms with E-state index >= 15 is 0 Å². The summed E-state index contributed by atoms with van der Waals surface area (Å²) in [4.78, 5) is 12.9. The lowest BCUT2D eigenvalue weighted by molar-refractivity contribution is -0.121. The number of piperidine rings is 1. The molecule has 2 N–H and O–H groups in total. The van der Waals surface area contributed by atoms with Gasteiger partial charge in [-0.05, 0) is 54.0 Å². The second-order valence-electron chi connectivity index (χ2n) is 3.97. The van der Waals surface area contributed by atoms with Crippen LogP contribution in [0.5, 0.6) is 0 Å². The molecule has 1 aromatic heterocycles. The van der Waals surface area contributed by atoms with Crippen LogP contribution in [0.25, 0.3) is 0 Å². The van der Waals surface area contributed by atoms with Gasteiger partial charge >= 0.3 is 0 Å². The number of thiophene rings is 1. The first-order chi connectivity index (χ1) is 7.74. The summed E-state index contributed by atoms with van der Waals surface area (Å²) < 4.78 is 1.08. The van der Waals surface area contributed by atoms with Crippen LogP contribution in [0.15, 0.2) is 15.9 Å². The number of hydrogen-bond donors (Lipinski definition) is 2. The van der Waals surface area contributed by atoms with Crippen molar-refractivity contribution < 1.29 is 4.79 Å². The molecule has 1 amide bonds. The van der Waals surface area contributed by atoms with E-state index in [0.29, 0.717) is 12.5 Å². The van der Waals surface area contributed by atoms with Crippen molar-refractivity contribution in [3.8, 4) is 0 Å². The summed E-state index contributed by atoms with van der Waals surface area (Å²) >= 11 is 5.02. The first kappa shape index (κ1) is 12.1. The van der Waals surface area contributed by atoms with Gasteiger partial charge in [0.05, 0.1) is 10.2 Å². The lowest BCUT2D eigenvalue weighted by Crippen LogP contribution is -2.43. The minimum absolute atomic E-state index is 0.140. The molecule has 2 rings (SSSR count). The van der Waals surface area contributed by atoms with Crippen LogP contribution < -0.4 is 10.6 Å². The average molecular weight is 303 g/mol. The van der Waals surface area contributed by atoms with Gasteiger partial charge in [0.15, 0.2) is 0 Å². The molecule has 2 heterocycles. The van der Waals surface area contributed by atoms with E-state index in [1.54, 1.807) is 11.3 Å².